The zero-order valence-corrected chi connectivity index (χ0v) is 7.61. The Labute approximate surface area is 76.6 Å². The Morgan fingerprint density at radius 2 is 2.27 bits per heavy atom. The van der Waals surface area contributed by atoms with E-state index in [0.717, 1.165) is 5.56 Å². The molecule has 0 aliphatic rings. The largest absolute Gasteiger partial charge is 0.506 e. The molecule has 2 nitrogen and oxygen atoms in total. The minimum atomic E-state index is 0. The second-order valence-electron chi connectivity index (χ2n) is 2.11. The molecule has 1 aromatic heterocycles. The first-order valence-corrected chi connectivity index (χ1v) is 3.48. The van der Waals surface area contributed by atoms with Gasteiger partial charge in [-0.3, -0.25) is 4.98 Å². The van der Waals surface area contributed by atoms with Crippen LogP contribution in [0.25, 0.3) is 0 Å². The van der Waals surface area contributed by atoms with Gasteiger partial charge < -0.3 is 5.11 Å². The number of nitrogens with zero attached hydrogens (tertiary/aromatic N) is 1. The molecule has 0 saturated heterocycles. The quantitative estimate of drug-likeness (QED) is 0.695. The molecule has 62 valence electrons. The molecule has 0 bridgehead atoms. The van der Waals surface area contributed by atoms with Gasteiger partial charge in [-0.25, -0.2) is 0 Å². The van der Waals surface area contributed by atoms with Crippen LogP contribution in [-0.2, 0) is 5.88 Å². The predicted octanol–water partition coefficient (Wildman–Crippen LogP) is 2.26. The topological polar surface area (TPSA) is 33.1 Å². The smallest absolute Gasteiger partial charge is 0.138 e. The lowest BCUT2D eigenvalue weighted by molar-refractivity contribution is 0.466. The van der Waals surface area contributed by atoms with E-state index in [4.69, 9.17) is 16.7 Å². The third-order valence-corrected chi connectivity index (χ3v) is 1.46. The average molecular weight is 194 g/mol. The van der Waals surface area contributed by atoms with E-state index in [0.29, 0.717) is 5.69 Å². The number of hydrogen-bond donors (Lipinski definition) is 1. The van der Waals surface area contributed by atoms with Crippen molar-refractivity contribution in [1.29, 1.82) is 0 Å². The number of rotatable bonds is 1. The fourth-order valence-corrected chi connectivity index (χ4v) is 0.891. The second-order valence-corrected chi connectivity index (χ2v) is 2.38. The summed E-state index contributed by atoms with van der Waals surface area (Å²) >= 11 is 5.46. The lowest BCUT2D eigenvalue weighted by atomic mass is 10.3. The molecule has 0 fully saturated rings. The number of pyridine rings is 1. The molecule has 0 aromatic carbocycles. The zero-order chi connectivity index (χ0) is 7.56. The van der Waals surface area contributed by atoms with Gasteiger partial charge >= 0.3 is 0 Å². The second kappa shape index (κ2) is 4.42. The van der Waals surface area contributed by atoms with Crippen molar-refractivity contribution in [2.75, 3.05) is 0 Å². The molecule has 11 heavy (non-hydrogen) atoms. The molecule has 1 N–H and O–H groups in total. The summed E-state index contributed by atoms with van der Waals surface area (Å²) in [5.41, 5.74) is 1.47. The van der Waals surface area contributed by atoms with Crippen molar-refractivity contribution < 1.29 is 5.11 Å². The number of alkyl halides is 1. The molecule has 0 aliphatic heterocycles. The van der Waals surface area contributed by atoms with Crippen LogP contribution in [0.1, 0.15) is 11.3 Å². The van der Waals surface area contributed by atoms with Crippen molar-refractivity contribution in [3.63, 3.8) is 0 Å². The van der Waals surface area contributed by atoms with Crippen LogP contribution in [-0.4, -0.2) is 10.1 Å². The average Bonchev–Trinajstić information content (AvgIpc) is 1.88. The van der Waals surface area contributed by atoms with Crippen molar-refractivity contribution in [2.45, 2.75) is 12.8 Å². The van der Waals surface area contributed by atoms with Gasteiger partial charge in [-0.2, -0.15) is 0 Å². The Bertz CT molecular complexity index is 240. The number of hydrogen-bond acceptors (Lipinski definition) is 2. The third kappa shape index (κ3) is 2.56. The molecule has 0 saturated carbocycles. The Hall–Kier alpha value is -0.470. The molecular formula is C7H9Cl2NO. The van der Waals surface area contributed by atoms with Gasteiger partial charge in [0.15, 0.2) is 0 Å². The molecule has 0 unspecified atom stereocenters. The first-order chi connectivity index (χ1) is 4.74. The van der Waals surface area contributed by atoms with Crippen molar-refractivity contribution in [3.8, 4) is 5.75 Å². The first kappa shape index (κ1) is 10.5. The van der Waals surface area contributed by atoms with E-state index in [1.165, 1.54) is 0 Å². The standard InChI is InChI=1S/C7H8ClNO.ClH/c1-5-2-7(10)6(3-8)9-4-5;/h2,4,10H,3H2,1H3;1H. The first-order valence-electron chi connectivity index (χ1n) is 2.94. The van der Waals surface area contributed by atoms with Crippen LogP contribution in [0.15, 0.2) is 12.3 Å². The Morgan fingerprint density at radius 3 is 2.73 bits per heavy atom. The highest BCUT2D eigenvalue weighted by Gasteiger charge is 1.99. The van der Waals surface area contributed by atoms with Crippen LogP contribution in [0, 0.1) is 6.92 Å². The molecule has 0 spiro atoms. The SMILES string of the molecule is Cc1cnc(CCl)c(O)c1.Cl. The summed E-state index contributed by atoms with van der Waals surface area (Å²) in [4.78, 5) is 3.91. The molecule has 0 aliphatic carbocycles. The summed E-state index contributed by atoms with van der Waals surface area (Å²) in [6.45, 7) is 1.87. The van der Waals surface area contributed by atoms with E-state index in [9.17, 15) is 0 Å². The maximum Gasteiger partial charge on any atom is 0.138 e. The lowest BCUT2D eigenvalue weighted by Crippen LogP contribution is -1.86. The van der Waals surface area contributed by atoms with Gasteiger partial charge in [0.25, 0.3) is 0 Å². The molecule has 1 rings (SSSR count). The van der Waals surface area contributed by atoms with Gasteiger partial charge in [0.1, 0.15) is 5.75 Å². The van der Waals surface area contributed by atoms with Crippen LogP contribution in [0.3, 0.4) is 0 Å². The Balaban J connectivity index is 0.000001000. The summed E-state index contributed by atoms with van der Waals surface area (Å²) in [5.74, 6) is 0.432. The van der Waals surface area contributed by atoms with E-state index < -0.39 is 0 Å². The minimum Gasteiger partial charge on any atom is -0.506 e. The summed E-state index contributed by atoms with van der Waals surface area (Å²) in [6, 6.07) is 1.64. The van der Waals surface area contributed by atoms with Gasteiger partial charge in [-0.05, 0) is 18.6 Å². The lowest BCUT2D eigenvalue weighted by Gasteiger charge is -1.98. The summed E-state index contributed by atoms with van der Waals surface area (Å²) in [5, 5.41) is 9.14. The number of aryl methyl sites for hydroxylation is 1. The van der Waals surface area contributed by atoms with Gasteiger partial charge in [-0.15, -0.1) is 24.0 Å². The number of aromatic nitrogens is 1. The highest BCUT2D eigenvalue weighted by atomic mass is 35.5. The highest BCUT2D eigenvalue weighted by Crippen LogP contribution is 2.16. The Kier molecular flexibility index (Phi) is 4.23. The maximum atomic E-state index is 9.14. The van der Waals surface area contributed by atoms with Crippen LogP contribution in [0.2, 0.25) is 0 Å². The van der Waals surface area contributed by atoms with E-state index in [2.05, 4.69) is 4.98 Å². The van der Waals surface area contributed by atoms with Gasteiger partial charge in [0.2, 0.25) is 0 Å². The fourth-order valence-electron chi connectivity index (χ4n) is 0.685. The molecule has 0 atom stereocenters. The van der Waals surface area contributed by atoms with Crippen LogP contribution >= 0.6 is 24.0 Å². The van der Waals surface area contributed by atoms with E-state index in [1.54, 1.807) is 12.3 Å². The maximum absolute atomic E-state index is 9.14. The van der Waals surface area contributed by atoms with Crippen LogP contribution in [0.5, 0.6) is 5.75 Å². The van der Waals surface area contributed by atoms with Gasteiger partial charge in [-0.1, -0.05) is 0 Å². The normalized spacial score (nSPS) is 8.91. The predicted molar refractivity (Wildman–Crippen MR) is 47.4 cm³/mol. The zero-order valence-electron chi connectivity index (χ0n) is 6.04. The summed E-state index contributed by atoms with van der Waals surface area (Å²) in [6.07, 6.45) is 1.68. The number of aromatic hydroxyl groups is 1. The highest BCUT2D eigenvalue weighted by molar-refractivity contribution is 6.17. The van der Waals surface area contributed by atoms with E-state index in [-0.39, 0.29) is 24.0 Å². The molecule has 4 heteroatoms. The third-order valence-electron chi connectivity index (χ3n) is 1.21. The summed E-state index contributed by atoms with van der Waals surface area (Å²) in [7, 11) is 0. The van der Waals surface area contributed by atoms with Gasteiger partial charge in [0, 0.05) is 6.20 Å². The molecular weight excluding hydrogens is 185 g/mol. The van der Waals surface area contributed by atoms with Crippen molar-refractivity contribution in [1.82, 2.24) is 4.98 Å². The van der Waals surface area contributed by atoms with Gasteiger partial charge in [0.05, 0.1) is 11.6 Å². The molecule has 1 heterocycles. The number of halogens is 2. The fraction of sp³-hybridized carbons (Fsp3) is 0.286. The van der Waals surface area contributed by atoms with Crippen LogP contribution < -0.4 is 0 Å². The van der Waals surface area contributed by atoms with E-state index >= 15 is 0 Å². The molecule has 1 aromatic rings. The van der Waals surface area contributed by atoms with Crippen molar-refractivity contribution in [3.05, 3.63) is 23.5 Å². The van der Waals surface area contributed by atoms with Crippen LogP contribution in [0.4, 0.5) is 0 Å². The minimum absolute atomic E-state index is 0. The van der Waals surface area contributed by atoms with E-state index in [1.807, 2.05) is 6.92 Å². The van der Waals surface area contributed by atoms with Crippen molar-refractivity contribution >= 4 is 24.0 Å². The monoisotopic (exact) mass is 193 g/mol. The molecule has 0 amide bonds. The molecule has 0 radical (unpaired) electrons. The Morgan fingerprint density at radius 1 is 1.64 bits per heavy atom. The van der Waals surface area contributed by atoms with Crippen molar-refractivity contribution in [2.24, 2.45) is 0 Å². The summed E-state index contributed by atoms with van der Waals surface area (Å²) < 4.78 is 0.